The molecule has 0 aromatic heterocycles. The predicted octanol–water partition coefficient (Wildman–Crippen LogP) is -1.62. The maximum atomic E-state index is 8.66. The molecular formula is C3H16O2Si3. The minimum Gasteiger partial charge on any atom is -0.471 e. The first-order valence-electron chi connectivity index (χ1n) is 2.54. The average molecular weight is 168 g/mol. The van der Waals surface area contributed by atoms with Gasteiger partial charge in [-0.1, -0.05) is 0 Å². The van der Waals surface area contributed by atoms with Crippen LogP contribution in [0.25, 0.3) is 0 Å². The Labute approximate surface area is 58.5 Å². The van der Waals surface area contributed by atoms with E-state index in [1.807, 2.05) is 19.6 Å². The minimum atomic E-state index is -1.61. The molecule has 8 heavy (non-hydrogen) atoms. The molecule has 0 aromatic carbocycles. The summed E-state index contributed by atoms with van der Waals surface area (Å²) in [6.07, 6.45) is 0. The molecule has 0 aromatic rings. The van der Waals surface area contributed by atoms with E-state index in [4.69, 9.17) is 4.80 Å². The van der Waals surface area contributed by atoms with E-state index in [0.29, 0.717) is 0 Å². The van der Waals surface area contributed by atoms with Crippen LogP contribution in [0.4, 0.5) is 0 Å². The molecule has 0 unspecified atom stereocenters. The molecule has 0 aliphatic rings. The van der Waals surface area contributed by atoms with E-state index in [0.717, 1.165) is 21.0 Å². The largest absolute Gasteiger partial charge is 0.471 e. The van der Waals surface area contributed by atoms with Crippen LogP contribution in [0.1, 0.15) is 0 Å². The quantitative estimate of drug-likeness (QED) is 0.441. The summed E-state index contributed by atoms with van der Waals surface area (Å²) in [4.78, 5) is 8.66. The summed E-state index contributed by atoms with van der Waals surface area (Å²) in [7, 11) is 0.250. The fourth-order valence-electron chi connectivity index (χ4n) is 0. The van der Waals surface area contributed by atoms with Crippen LogP contribution in [0.2, 0.25) is 19.6 Å². The first-order valence-corrected chi connectivity index (χ1v) is 7.62. The van der Waals surface area contributed by atoms with E-state index in [-0.39, 0.29) is 0 Å². The topological polar surface area (TPSA) is 29.5 Å². The van der Waals surface area contributed by atoms with E-state index >= 15 is 0 Å². The van der Waals surface area contributed by atoms with Crippen molar-refractivity contribution in [1.82, 2.24) is 0 Å². The molecule has 0 radical (unpaired) electrons. The fraction of sp³-hybridized carbons (Fsp3) is 1.00. The minimum absolute atomic E-state index is 0.931. The van der Waals surface area contributed by atoms with E-state index < -0.39 is 8.32 Å². The predicted molar refractivity (Wildman–Crippen MR) is 46.5 cm³/mol. The van der Waals surface area contributed by atoms with Crippen LogP contribution in [0.5, 0.6) is 0 Å². The van der Waals surface area contributed by atoms with Gasteiger partial charge in [-0.15, -0.1) is 0 Å². The standard InChI is InChI=1S/C3H10OSi.H6OSi2/c1-5(2,3)4;2-1-3/h4H,1-3H3;2-3H3. The Kier molecular flexibility index (Phi) is 8.11. The Balaban J connectivity index is 0. The van der Waals surface area contributed by atoms with Crippen LogP contribution in [0, 0.1) is 0 Å². The highest BCUT2D eigenvalue weighted by Crippen LogP contribution is 1.88. The van der Waals surface area contributed by atoms with E-state index in [1.165, 1.54) is 0 Å². The summed E-state index contributed by atoms with van der Waals surface area (Å²) in [5, 5.41) is 0. The molecule has 1 N–H and O–H groups in total. The van der Waals surface area contributed by atoms with Gasteiger partial charge in [0, 0.05) is 0 Å². The summed E-state index contributed by atoms with van der Waals surface area (Å²) < 4.78 is 4.53. The summed E-state index contributed by atoms with van der Waals surface area (Å²) in [5.41, 5.74) is 0. The van der Waals surface area contributed by atoms with Crippen molar-refractivity contribution in [2.75, 3.05) is 0 Å². The molecule has 0 heterocycles. The van der Waals surface area contributed by atoms with Crippen molar-refractivity contribution in [3.63, 3.8) is 0 Å². The lowest BCUT2D eigenvalue weighted by Crippen LogP contribution is -2.17. The normalized spacial score (nSPS) is 10.5. The van der Waals surface area contributed by atoms with Crippen molar-refractivity contribution in [2.45, 2.75) is 19.6 Å². The second-order valence-corrected chi connectivity index (χ2v) is 10.2. The monoisotopic (exact) mass is 168 g/mol. The van der Waals surface area contributed by atoms with Gasteiger partial charge < -0.3 is 8.91 Å². The molecule has 0 amide bonds. The molecule has 0 fully saturated rings. The van der Waals surface area contributed by atoms with Crippen molar-refractivity contribution < 1.29 is 8.91 Å². The Morgan fingerprint density at radius 2 is 1.25 bits per heavy atom. The van der Waals surface area contributed by atoms with Crippen LogP contribution in [-0.2, 0) is 4.12 Å². The molecule has 0 rings (SSSR count). The Morgan fingerprint density at radius 1 is 1.25 bits per heavy atom. The summed E-state index contributed by atoms with van der Waals surface area (Å²) in [6, 6.07) is 0. The summed E-state index contributed by atoms with van der Waals surface area (Å²) >= 11 is 0. The van der Waals surface area contributed by atoms with Gasteiger partial charge in [0.15, 0.2) is 8.32 Å². The molecule has 0 spiro atoms. The van der Waals surface area contributed by atoms with E-state index in [1.54, 1.807) is 0 Å². The van der Waals surface area contributed by atoms with Crippen molar-refractivity contribution in [2.24, 2.45) is 0 Å². The maximum absolute atomic E-state index is 8.66. The fourth-order valence-corrected chi connectivity index (χ4v) is 0. The second-order valence-electron chi connectivity index (χ2n) is 2.58. The molecule has 2 nitrogen and oxygen atoms in total. The molecule has 52 valence electrons. The number of rotatable bonds is 0. The van der Waals surface area contributed by atoms with Gasteiger partial charge in [0.2, 0.25) is 0 Å². The second kappa shape index (κ2) is 5.70. The lowest BCUT2D eigenvalue weighted by molar-refractivity contribution is 0.561. The molecule has 0 bridgehead atoms. The van der Waals surface area contributed by atoms with Gasteiger partial charge in [-0.05, 0) is 19.6 Å². The Morgan fingerprint density at radius 3 is 1.25 bits per heavy atom. The Hall–Kier alpha value is 0.571. The third kappa shape index (κ3) is 626. The van der Waals surface area contributed by atoms with Gasteiger partial charge >= 0.3 is 0 Å². The molecule has 0 saturated heterocycles. The van der Waals surface area contributed by atoms with Crippen LogP contribution >= 0.6 is 0 Å². The molecule has 0 saturated carbocycles. The van der Waals surface area contributed by atoms with Crippen LogP contribution in [0.3, 0.4) is 0 Å². The van der Waals surface area contributed by atoms with Gasteiger partial charge in [0.05, 0.1) is 0 Å². The molecular weight excluding hydrogens is 152 g/mol. The molecule has 5 heteroatoms. The van der Waals surface area contributed by atoms with Crippen molar-refractivity contribution in [3.05, 3.63) is 0 Å². The zero-order valence-corrected chi connectivity index (χ0v) is 11.4. The average Bonchev–Trinajstić information content (AvgIpc) is 1.27. The maximum Gasteiger partial charge on any atom is 0.179 e. The van der Waals surface area contributed by atoms with Gasteiger partial charge in [0.1, 0.15) is 21.0 Å². The number of hydrogen-bond donors (Lipinski definition) is 1. The van der Waals surface area contributed by atoms with Crippen LogP contribution < -0.4 is 0 Å². The van der Waals surface area contributed by atoms with E-state index in [2.05, 4.69) is 4.12 Å². The lowest BCUT2D eigenvalue weighted by atomic mass is 11.8. The highest BCUT2D eigenvalue weighted by Gasteiger charge is 2.03. The highest BCUT2D eigenvalue weighted by atomic mass is 28.4. The Bertz CT molecular complexity index is 36.3. The van der Waals surface area contributed by atoms with Crippen LogP contribution in [0.15, 0.2) is 0 Å². The summed E-state index contributed by atoms with van der Waals surface area (Å²) in [6.45, 7) is 5.65. The van der Waals surface area contributed by atoms with Gasteiger partial charge in [-0.2, -0.15) is 0 Å². The van der Waals surface area contributed by atoms with Gasteiger partial charge in [-0.3, -0.25) is 0 Å². The smallest absolute Gasteiger partial charge is 0.179 e. The zero-order chi connectivity index (χ0) is 7.21. The van der Waals surface area contributed by atoms with Gasteiger partial charge in [-0.25, -0.2) is 0 Å². The third-order valence-electron chi connectivity index (χ3n) is 0. The molecule has 0 atom stereocenters. The zero-order valence-electron chi connectivity index (χ0n) is 6.36. The third-order valence-corrected chi connectivity index (χ3v) is 0. The van der Waals surface area contributed by atoms with Gasteiger partial charge in [0.25, 0.3) is 0 Å². The first-order chi connectivity index (χ1) is 3.41. The highest BCUT2D eigenvalue weighted by molar-refractivity contribution is 6.68. The van der Waals surface area contributed by atoms with Crippen molar-refractivity contribution in [3.8, 4) is 0 Å². The van der Waals surface area contributed by atoms with Crippen molar-refractivity contribution in [1.29, 1.82) is 0 Å². The molecule has 0 aliphatic heterocycles. The van der Waals surface area contributed by atoms with Crippen molar-refractivity contribution >= 4 is 29.3 Å². The molecule has 0 aliphatic carbocycles. The summed E-state index contributed by atoms with van der Waals surface area (Å²) in [5.74, 6) is 0. The number of hydrogen-bond acceptors (Lipinski definition) is 2. The lowest BCUT2D eigenvalue weighted by Gasteiger charge is -2.00. The SMILES string of the molecule is C[Si](C)(C)O.[SiH3]O[SiH3]. The van der Waals surface area contributed by atoms with Crippen LogP contribution in [-0.4, -0.2) is 34.1 Å². The van der Waals surface area contributed by atoms with E-state index in [9.17, 15) is 0 Å². The first kappa shape index (κ1) is 11.4.